The Balaban J connectivity index is 1.60. The van der Waals surface area contributed by atoms with Gasteiger partial charge in [0, 0.05) is 24.0 Å². The Labute approximate surface area is 247 Å². The molecule has 4 aromatic carbocycles. The highest BCUT2D eigenvalue weighted by Crippen LogP contribution is 2.30. The van der Waals surface area contributed by atoms with Gasteiger partial charge in [0.2, 0.25) is 5.78 Å². The number of aryl methyl sites for hydroxylation is 4. The average Bonchev–Trinajstić information content (AvgIpc) is 3.52. The number of carbonyl (C=O) groups excluding carboxylic acids is 1. The van der Waals surface area contributed by atoms with Gasteiger partial charge in [-0.2, -0.15) is 10.2 Å². The van der Waals surface area contributed by atoms with Crippen LogP contribution in [-0.4, -0.2) is 25.3 Å². The summed E-state index contributed by atoms with van der Waals surface area (Å²) >= 11 is 0. The smallest absolute Gasteiger partial charge is 0.230 e. The van der Waals surface area contributed by atoms with Gasteiger partial charge in [0.25, 0.3) is 0 Å². The van der Waals surface area contributed by atoms with Gasteiger partial charge in [0.05, 0.1) is 22.8 Å². The molecule has 0 aliphatic heterocycles. The molecule has 0 saturated carbocycles. The van der Waals surface area contributed by atoms with Crippen LogP contribution in [0.2, 0.25) is 0 Å². The Bertz CT molecular complexity index is 1740. The van der Waals surface area contributed by atoms with Crippen molar-refractivity contribution in [1.29, 1.82) is 0 Å². The van der Waals surface area contributed by atoms with Crippen LogP contribution in [0, 0.1) is 27.7 Å². The van der Waals surface area contributed by atoms with E-state index in [2.05, 4.69) is 50.2 Å². The molecule has 0 radical (unpaired) electrons. The van der Waals surface area contributed by atoms with Crippen molar-refractivity contribution in [3.8, 4) is 11.4 Å². The standard InChI is InChI=1S/C37H34N4O/c1-25-15-11-13-17-29(25)23-33-27(3)38-40(31-19-7-5-8-20-31)35(33)37(42)36-34(24-30-18-14-12-16-26(30)2)28(4)39-41(36)32-21-9-6-10-22-32/h5-22H,23-24H2,1-4H3. The quantitative estimate of drug-likeness (QED) is 0.182. The Kier molecular flexibility index (Phi) is 7.41. The van der Waals surface area contributed by atoms with Gasteiger partial charge in [-0.15, -0.1) is 0 Å². The summed E-state index contributed by atoms with van der Waals surface area (Å²) in [5.74, 6) is -0.0870. The zero-order valence-corrected chi connectivity index (χ0v) is 24.5. The van der Waals surface area contributed by atoms with E-state index in [1.54, 1.807) is 0 Å². The van der Waals surface area contributed by atoms with Gasteiger partial charge >= 0.3 is 0 Å². The van der Waals surface area contributed by atoms with Crippen molar-refractivity contribution >= 4 is 5.78 Å². The summed E-state index contributed by atoms with van der Waals surface area (Å²) in [5, 5.41) is 9.91. The fourth-order valence-electron chi connectivity index (χ4n) is 5.63. The summed E-state index contributed by atoms with van der Waals surface area (Å²) in [6, 6.07) is 36.5. The summed E-state index contributed by atoms with van der Waals surface area (Å²) in [6.45, 7) is 8.22. The van der Waals surface area contributed by atoms with Crippen molar-refractivity contribution in [2.75, 3.05) is 0 Å². The van der Waals surface area contributed by atoms with Gasteiger partial charge < -0.3 is 0 Å². The molecule has 2 heterocycles. The third kappa shape index (κ3) is 5.10. The first kappa shape index (κ1) is 27.2. The molecule has 0 fully saturated rings. The van der Waals surface area contributed by atoms with E-state index < -0.39 is 0 Å². The van der Waals surface area contributed by atoms with Gasteiger partial charge in [0.1, 0.15) is 11.4 Å². The van der Waals surface area contributed by atoms with Crippen molar-refractivity contribution in [1.82, 2.24) is 19.6 Å². The number of rotatable bonds is 8. The summed E-state index contributed by atoms with van der Waals surface area (Å²) in [4.78, 5) is 15.1. The van der Waals surface area contributed by atoms with Gasteiger partial charge in [0.15, 0.2) is 0 Å². The van der Waals surface area contributed by atoms with E-state index in [9.17, 15) is 0 Å². The highest BCUT2D eigenvalue weighted by molar-refractivity contribution is 6.09. The van der Waals surface area contributed by atoms with Crippen LogP contribution in [0.25, 0.3) is 11.4 Å². The number of hydrogen-bond donors (Lipinski definition) is 0. The topological polar surface area (TPSA) is 52.7 Å². The lowest BCUT2D eigenvalue weighted by atomic mass is 9.94. The number of carbonyl (C=O) groups is 1. The van der Waals surface area contributed by atoms with E-state index in [1.807, 2.05) is 96.0 Å². The molecule has 0 bridgehead atoms. The van der Waals surface area contributed by atoms with Gasteiger partial charge in [-0.3, -0.25) is 4.79 Å². The molecule has 42 heavy (non-hydrogen) atoms. The maximum absolute atomic E-state index is 15.1. The SMILES string of the molecule is Cc1ccccc1Cc1c(C)nn(-c2ccccc2)c1C(=O)c1c(Cc2ccccc2C)c(C)nn1-c1ccccc1. The second-order valence-corrected chi connectivity index (χ2v) is 10.9. The largest absolute Gasteiger partial charge is 0.285 e. The first-order valence-electron chi connectivity index (χ1n) is 14.3. The van der Waals surface area contributed by atoms with Crippen LogP contribution < -0.4 is 0 Å². The first-order chi connectivity index (χ1) is 20.4. The summed E-state index contributed by atoms with van der Waals surface area (Å²) in [7, 11) is 0. The minimum Gasteiger partial charge on any atom is -0.285 e. The van der Waals surface area contributed by atoms with E-state index in [1.165, 1.54) is 22.3 Å². The van der Waals surface area contributed by atoms with Crippen LogP contribution >= 0.6 is 0 Å². The Hall–Kier alpha value is -5.03. The van der Waals surface area contributed by atoms with Crippen LogP contribution in [0.3, 0.4) is 0 Å². The Morgan fingerprint density at radius 1 is 0.524 bits per heavy atom. The van der Waals surface area contributed by atoms with Crippen LogP contribution in [0.5, 0.6) is 0 Å². The minimum atomic E-state index is -0.0870. The van der Waals surface area contributed by atoms with Gasteiger partial charge in [-0.05, 0) is 74.2 Å². The van der Waals surface area contributed by atoms with Crippen molar-refractivity contribution in [3.63, 3.8) is 0 Å². The number of hydrogen-bond acceptors (Lipinski definition) is 3. The van der Waals surface area contributed by atoms with E-state index in [-0.39, 0.29) is 5.78 Å². The first-order valence-corrected chi connectivity index (χ1v) is 14.3. The molecule has 0 N–H and O–H groups in total. The van der Waals surface area contributed by atoms with Crippen molar-refractivity contribution in [2.45, 2.75) is 40.5 Å². The number of ketones is 1. The zero-order chi connectivity index (χ0) is 29.2. The van der Waals surface area contributed by atoms with Crippen molar-refractivity contribution in [3.05, 3.63) is 165 Å². The third-order valence-corrected chi connectivity index (χ3v) is 8.06. The lowest BCUT2D eigenvalue weighted by Crippen LogP contribution is -2.18. The molecule has 5 nitrogen and oxygen atoms in total. The predicted molar refractivity (Wildman–Crippen MR) is 168 cm³/mol. The van der Waals surface area contributed by atoms with Crippen molar-refractivity contribution in [2.24, 2.45) is 0 Å². The second-order valence-electron chi connectivity index (χ2n) is 10.9. The Morgan fingerprint density at radius 2 is 0.881 bits per heavy atom. The molecule has 6 rings (SSSR count). The van der Waals surface area contributed by atoms with Gasteiger partial charge in [-0.1, -0.05) is 84.9 Å². The predicted octanol–water partition coefficient (Wildman–Crippen LogP) is 7.70. The van der Waals surface area contributed by atoms with Crippen LogP contribution in [0.4, 0.5) is 0 Å². The molecule has 0 aliphatic carbocycles. The normalized spacial score (nSPS) is 11.1. The highest BCUT2D eigenvalue weighted by atomic mass is 16.1. The molecule has 6 aromatic rings. The summed E-state index contributed by atoms with van der Waals surface area (Å²) < 4.78 is 3.64. The molecule has 0 spiro atoms. The molecular formula is C37H34N4O. The minimum absolute atomic E-state index is 0.0870. The van der Waals surface area contributed by atoms with Crippen molar-refractivity contribution < 1.29 is 4.79 Å². The van der Waals surface area contributed by atoms with E-state index in [0.717, 1.165) is 33.9 Å². The molecule has 0 atom stereocenters. The molecule has 5 heteroatoms. The fourth-order valence-corrected chi connectivity index (χ4v) is 5.63. The number of nitrogens with zero attached hydrogens (tertiary/aromatic N) is 4. The maximum atomic E-state index is 15.1. The van der Waals surface area contributed by atoms with E-state index in [0.29, 0.717) is 24.2 Å². The molecule has 0 saturated heterocycles. The monoisotopic (exact) mass is 550 g/mol. The Morgan fingerprint density at radius 3 is 1.26 bits per heavy atom. The summed E-state index contributed by atoms with van der Waals surface area (Å²) in [5.41, 5.74) is 11.1. The van der Waals surface area contributed by atoms with Gasteiger partial charge in [-0.25, -0.2) is 9.36 Å². The summed E-state index contributed by atoms with van der Waals surface area (Å²) in [6.07, 6.45) is 1.22. The molecule has 0 unspecified atom stereocenters. The molecular weight excluding hydrogens is 516 g/mol. The zero-order valence-electron chi connectivity index (χ0n) is 24.5. The lowest BCUT2D eigenvalue weighted by Gasteiger charge is -2.14. The third-order valence-electron chi connectivity index (χ3n) is 8.06. The second kappa shape index (κ2) is 11.5. The molecule has 208 valence electrons. The van der Waals surface area contributed by atoms with E-state index >= 15 is 4.79 Å². The van der Waals surface area contributed by atoms with Crippen LogP contribution in [0.15, 0.2) is 109 Å². The lowest BCUT2D eigenvalue weighted by molar-refractivity contribution is 0.102. The molecule has 2 aromatic heterocycles. The highest BCUT2D eigenvalue weighted by Gasteiger charge is 2.31. The van der Waals surface area contributed by atoms with E-state index in [4.69, 9.17) is 10.2 Å². The fraction of sp³-hybridized carbons (Fsp3) is 0.162. The molecule has 0 amide bonds. The number of para-hydroxylation sites is 2. The van der Waals surface area contributed by atoms with Crippen LogP contribution in [0.1, 0.15) is 61.0 Å². The number of aromatic nitrogens is 4. The number of benzene rings is 4. The van der Waals surface area contributed by atoms with Crippen LogP contribution in [-0.2, 0) is 12.8 Å². The maximum Gasteiger partial charge on any atom is 0.230 e. The molecule has 0 aliphatic rings. The average molecular weight is 551 g/mol.